The summed E-state index contributed by atoms with van der Waals surface area (Å²) < 4.78 is 19.8. The zero-order valence-electron chi connectivity index (χ0n) is 9.88. The van der Waals surface area contributed by atoms with Gasteiger partial charge in [-0.3, -0.25) is 0 Å². The lowest BCUT2D eigenvalue weighted by Crippen LogP contribution is -2.29. The van der Waals surface area contributed by atoms with E-state index in [0.717, 1.165) is 30.2 Å². The van der Waals surface area contributed by atoms with Crippen LogP contribution in [0.3, 0.4) is 0 Å². The molecule has 0 aromatic heterocycles. The van der Waals surface area contributed by atoms with Gasteiger partial charge in [-0.1, -0.05) is 15.9 Å². The molecule has 0 saturated heterocycles. The molecule has 0 amide bonds. The van der Waals surface area contributed by atoms with Crippen LogP contribution >= 0.6 is 15.9 Å². The average molecular weight is 302 g/mol. The summed E-state index contributed by atoms with van der Waals surface area (Å²) in [4.78, 5) is 0. The molecule has 2 rings (SSSR count). The smallest absolute Gasteiger partial charge is 0.146 e. The topological polar surface area (TPSA) is 21.3 Å². The standard InChI is InChI=1S/C13H17BrFNO/c1-17-11-5-3-10(4-6-11)16-13-8-9(14)2-7-12(13)15/h2,7-8,10-11,16H,3-6H2,1H3. The number of halogens is 2. The van der Waals surface area contributed by atoms with Crippen LogP contribution in [0, 0.1) is 5.82 Å². The van der Waals surface area contributed by atoms with E-state index in [-0.39, 0.29) is 5.82 Å². The quantitative estimate of drug-likeness (QED) is 0.912. The number of ether oxygens (including phenoxy) is 1. The van der Waals surface area contributed by atoms with E-state index in [4.69, 9.17) is 4.74 Å². The second-order valence-electron chi connectivity index (χ2n) is 4.48. The van der Waals surface area contributed by atoms with Crippen LogP contribution in [0.15, 0.2) is 22.7 Å². The van der Waals surface area contributed by atoms with Crippen LogP contribution in [0.4, 0.5) is 10.1 Å². The first-order valence-corrected chi connectivity index (χ1v) is 6.72. The van der Waals surface area contributed by atoms with Gasteiger partial charge in [0.2, 0.25) is 0 Å². The third kappa shape index (κ3) is 3.42. The highest BCUT2D eigenvalue weighted by Crippen LogP contribution is 2.26. The lowest BCUT2D eigenvalue weighted by molar-refractivity contribution is 0.0681. The van der Waals surface area contributed by atoms with Crippen LogP contribution in [0.5, 0.6) is 0 Å². The van der Waals surface area contributed by atoms with E-state index >= 15 is 0 Å². The molecule has 0 aliphatic heterocycles. The molecule has 17 heavy (non-hydrogen) atoms. The van der Waals surface area contributed by atoms with Gasteiger partial charge in [0, 0.05) is 17.6 Å². The number of benzene rings is 1. The molecule has 2 nitrogen and oxygen atoms in total. The van der Waals surface area contributed by atoms with E-state index in [0.29, 0.717) is 17.8 Å². The van der Waals surface area contributed by atoms with Crippen molar-refractivity contribution in [3.8, 4) is 0 Å². The Morgan fingerprint density at radius 2 is 2.00 bits per heavy atom. The summed E-state index contributed by atoms with van der Waals surface area (Å²) in [6.07, 6.45) is 4.53. The van der Waals surface area contributed by atoms with Gasteiger partial charge in [0.15, 0.2) is 0 Å². The Morgan fingerprint density at radius 3 is 2.65 bits per heavy atom. The lowest BCUT2D eigenvalue weighted by atomic mass is 9.93. The maximum Gasteiger partial charge on any atom is 0.146 e. The SMILES string of the molecule is COC1CCC(Nc2cc(Br)ccc2F)CC1. The van der Waals surface area contributed by atoms with Crippen molar-refractivity contribution in [1.82, 2.24) is 0 Å². The van der Waals surface area contributed by atoms with Crippen LogP contribution in [-0.4, -0.2) is 19.3 Å². The molecule has 1 aromatic carbocycles. The maximum atomic E-state index is 13.6. The van der Waals surface area contributed by atoms with Gasteiger partial charge in [-0.05, 0) is 43.9 Å². The van der Waals surface area contributed by atoms with Crippen LogP contribution in [-0.2, 0) is 4.74 Å². The van der Waals surface area contributed by atoms with E-state index in [9.17, 15) is 4.39 Å². The minimum Gasteiger partial charge on any atom is -0.381 e. The summed E-state index contributed by atoms with van der Waals surface area (Å²) in [6, 6.07) is 5.33. The zero-order valence-corrected chi connectivity index (χ0v) is 11.5. The summed E-state index contributed by atoms with van der Waals surface area (Å²) in [5, 5.41) is 3.27. The first-order chi connectivity index (χ1) is 8.19. The molecule has 0 bridgehead atoms. The molecule has 0 unspecified atom stereocenters. The number of rotatable bonds is 3. The van der Waals surface area contributed by atoms with Crippen molar-refractivity contribution < 1.29 is 9.13 Å². The fourth-order valence-electron chi connectivity index (χ4n) is 2.27. The first-order valence-electron chi connectivity index (χ1n) is 5.93. The van der Waals surface area contributed by atoms with E-state index in [1.54, 1.807) is 19.2 Å². The third-order valence-corrected chi connectivity index (χ3v) is 3.79. The molecule has 0 radical (unpaired) electrons. The third-order valence-electron chi connectivity index (χ3n) is 3.30. The number of anilines is 1. The van der Waals surface area contributed by atoms with E-state index < -0.39 is 0 Å². The predicted octanol–water partition coefficient (Wildman–Crippen LogP) is 3.96. The Kier molecular flexibility index (Phi) is 4.40. The lowest BCUT2D eigenvalue weighted by Gasteiger charge is -2.29. The largest absolute Gasteiger partial charge is 0.381 e. The second kappa shape index (κ2) is 5.83. The molecule has 94 valence electrons. The Hall–Kier alpha value is -0.610. The van der Waals surface area contributed by atoms with Crippen LogP contribution < -0.4 is 5.32 Å². The van der Waals surface area contributed by atoms with Crippen LogP contribution in [0.25, 0.3) is 0 Å². The highest BCUT2D eigenvalue weighted by atomic mass is 79.9. The number of nitrogens with one attached hydrogen (secondary N) is 1. The van der Waals surface area contributed by atoms with Gasteiger partial charge in [0.1, 0.15) is 5.82 Å². The van der Waals surface area contributed by atoms with Gasteiger partial charge in [-0.25, -0.2) is 4.39 Å². The summed E-state index contributed by atoms with van der Waals surface area (Å²) in [6.45, 7) is 0. The minimum atomic E-state index is -0.193. The summed E-state index contributed by atoms with van der Waals surface area (Å²) in [5.74, 6) is -0.193. The summed E-state index contributed by atoms with van der Waals surface area (Å²) in [7, 11) is 1.76. The van der Waals surface area contributed by atoms with Crippen LogP contribution in [0.2, 0.25) is 0 Å². The van der Waals surface area contributed by atoms with Crippen molar-refractivity contribution >= 4 is 21.6 Å². The molecule has 1 saturated carbocycles. The molecular weight excluding hydrogens is 285 g/mol. The maximum absolute atomic E-state index is 13.6. The number of methoxy groups -OCH3 is 1. The first kappa shape index (κ1) is 12.8. The molecular formula is C13H17BrFNO. The monoisotopic (exact) mass is 301 g/mol. The van der Waals surface area contributed by atoms with Gasteiger partial charge in [-0.15, -0.1) is 0 Å². The van der Waals surface area contributed by atoms with E-state index in [1.165, 1.54) is 6.07 Å². The molecule has 0 spiro atoms. The Balaban J connectivity index is 1.95. The Labute approximate surface area is 110 Å². The molecule has 4 heteroatoms. The molecule has 0 heterocycles. The number of hydrogen-bond acceptors (Lipinski definition) is 2. The van der Waals surface area contributed by atoms with Gasteiger partial charge in [-0.2, -0.15) is 0 Å². The van der Waals surface area contributed by atoms with Crippen molar-refractivity contribution in [3.05, 3.63) is 28.5 Å². The zero-order chi connectivity index (χ0) is 12.3. The van der Waals surface area contributed by atoms with Crippen LogP contribution in [0.1, 0.15) is 25.7 Å². The van der Waals surface area contributed by atoms with Crippen molar-refractivity contribution in [3.63, 3.8) is 0 Å². The van der Waals surface area contributed by atoms with Gasteiger partial charge in [0.25, 0.3) is 0 Å². The normalized spacial score (nSPS) is 24.6. The highest BCUT2D eigenvalue weighted by Gasteiger charge is 2.21. The summed E-state index contributed by atoms with van der Waals surface area (Å²) in [5.41, 5.74) is 0.584. The molecule has 1 aliphatic rings. The van der Waals surface area contributed by atoms with Gasteiger partial charge in [0.05, 0.1) is 11.8 Å². The Morgan fingerprint density at radius 1 is 1.29 bits per heavy atom. The second-order valence-corrected chi connectivity index (χ2v) is 5.39. The fourth-order valence-corrected chi connectivity index (χ4v) is 2.63. The van der Waals surface area contributed by atoms with Gasteiger partial charge < -0.3 is 10.1 Å². The molecule has 0 atom stereocenters. The molecule has 1 N–H and O–H groups in total. The minimum absolute atomic E-state index is 0.193. The Bertz CT molecular complexity index is 378. The van der Waals surface area contributed by atoms with Crippen molar-refractivity contribution in [1.29, 1.82) is 0 Å². The van der Waals surface area contributed by atoms with Crippen molar-refractivity contribution in [2.24, 2.45) is 0 Å². The van der Waals surface area contributed by atoms with Gasteiger partial charge >= 0.3 is 0 Å². The summed E-state index contributed by atoms with van der Waals surface area (Å²) >= 11 is 3.36. The molecule has 1 fully saturated rings. The van der Waals surface area contributed by atoms with Crippen molar-refractivity contribution in [2.45, 2.75) is 37.8 Å². The average Bonchev–Trinajstić information content (AvgIpc) is 2.35. The van der Waals surface area contributed by atoms with E-state index in [2.05, 4.69) is 21.2 Å². The highest BCUT2D eigenvalue weighted by molar-refractivity contribution is 9.10. The van der Waals surface area contributed by atoms with Crippen molar-refractivity contribution in [2.75, 3.05) is 12.4 Å². The van der Waals surface area contributed by atoms with E-state index in [1.807, 2.05) is 0 Å². The molecule has 1 aliphatic carbocycles. The molecule has 1 aromatic rings. The predicted molar refractivity (Wildman–Crippen MR) is 70.8 cm³/mol. The fraction of sp³-hybridized carbons (Fsp3) is 0.538. The number of hydrogen-bond donors (Lipinski definition) is 1.